The monoisotopic (exact) mass is 288 g/mol. The summed E-state index contributed by atoms with van der Waals surface area (Å²) in [5.74, 6) is 0.910. The highest BCUT2D eigenvalue weighted by atomic mass is 16.5. The molecule has 1 fully saturated rings. The summed E-state index contributed by atoms with van der Waals surface area (Å²) in [5.41, 5.74) is 2.03. The Balaban J connectivity index is 1.70. The van der Waals surface area contributed by atoms with Crippen LogP contribution in [0, 0.1) is 12.8 Å². The molecule has 5 nitrogen and oxygen atoms in total. The lowest BCUT2D eigenvalue weighted by Gasteiger charge is -2.26. The number of hydrogen-bond donors (Lipinski definition) is 1. The molecule has 0 amide bonds. The molecule has 5 heteroatoms. The molecule has 0 aliphatic heterocycles. The number of hydrogen-bond acceptors (Lipinski definition) is 3. The summed E-state index contributed by atoms with van der Waals surface area (Å²) in [6.45, 7) is 1.98. The molecule has 0 atom stereocenters. The molecule has 2 aromatic rings. The molecule has 0 saturated heterocycles. The van der Waals surface area contributed by atoms with Gasteiger partial charge in [-0.3, -0.25) is 4.79 Å². The average Bonchev–Trinajstić information content (AvgIpc) is 2.74. The number of carbonyl (C=O) groups is 1. The molecule has 0 bridgehead atoms. The molecular weight excluding hydrogens is 268 g/mol. The number of aromatic nitrogens is 2. The van der Waals surface area contributed by atoms with Crippen LogP contribution in [0.3, 0.4) is 0 Å². The molecule has 21 heavy (non-hydrogen) atoms. The van der Waals surface area contributed by atoms with Crippen LogP contribution in [0.15, 0.2) is 18.2 Å². The van der Waals surface area contributed by atoms with Crippen molar-refractivity contribution in [1.29, 1.82) is 0 Å². The zero-order valence-electron chi connectivity index (χ0n) is 12.4. The summed E-state index contributed by atoms with van der Waals surface area (Å²) in [7, 11) is 2.00. The zero-order valence-corrected chi connectivity index (χ0v) is 12.4. The van der Waals surface area contributed by atoms with E-state index in [4.69, 9.17) is 9.84 Å². The highest BCUT2D eigenvalue weighted by molar-refractivity contribution is 5.77. The van der Waals surface area contributed by atoms with Gasteiger partial charge in [0, 0.05) is 13.1 Å². The van der Waals surface area contributed by atoms with Crippen LogP contribution in [0.2, 0.25) is 0 Å². The van der Waals surface area contributed by atoms with Gasteiger partial charge in [-0.1, -0.05) is 0 Å². The number of benzene rings is 1. The Bertz CT molecular complexity index is 669. The molecule has 0 spiro atoms. The normalized spacial score (nSPS) is 22.4. The Kier molecular flexibility index (Phi) is 3.57. The molecule has 1 aromatic heterocycles. The molecule has 1 aliphatic rings. The topological polar surface area (TPSA) is 64.3 Å². The molecule has 3 rings (SSSR count). The number of carboxylic acids is 1. The number of carboxylic acid groups (broad SMARTS) is 1. The molecular formula is C16H20N2O3. The van der Waals surface area contributed by atoms with Crippen molar-refractivity contribution in [2.24, 2.45) is 13.0 Å². The van der Waals surface area contributed by atoms with Crippen molar-refractivity contribution >= 4 is 17.0 Å². The van der Waals surface area contributed by atoms with Gasteiger partial charge in [0.1, 0.15) is 11.6 Å². The van der Waals surface area contributed by atoms with E-state index in [1.54, 1.807) is 0 Å². The Labute approximate surface area is 123 Å². The maximum absolute atomic E-state index is 10.9. The first kappa shape index (κ1) is 13.9. The van der Waals surface area contributed by atoms with Gasteiger partial charge in [-0.2, -0.15) is 0 Å². The van der Waals surface area contributed by atoms with E-state index >= 15 is 0 Å². The van der Waals surface area contributed by atoms with Crippen LogP contribution in [0.4, 0.5) is 0 Å². The van der Waals surface area contributed by atoms with Crippen molar-refractivity contribution in [2.45, 2.75) is 38.7 Å². The summed E-state index contributed by atoms with van der Waals surface area (Å²) in [5, 5.41) is 9.01. The minimum absolute atomic E-state index is 0.114. The Morgan fingerprint density at radius 1 is 1.33 bits per heavy atom. The van der Waals surface area contributed by atoms with Crippen LogP contribution in [0.25, 0.3) is 11.0 Å². The standard InChI is InChI=1S/C16H20N2O3/c1-10-17-14-9-13(7-8-15(14)18(10)2)21-12-5-3-11(4-6-12)16(19)20/h7-9,11-12H,3-6H2,1-2H3,(H,19,20). The third-order valence-electron chi connectivity index (χ3n) is 4.40. The van der Waals surface area contributed by atoms with Crippen LogP contribution in [0.5, 0.6) is 5.75 Å². The van der Waals surface area contributed by atoms with Gasteiger partial charge in [0.15, 0.2) is 0 Å². The van der Waals surface area contributed by atoms with Gasteiger partial charge in [-0.05, 0) is 44.7 Å². The van der Waals surface area contributed by atoms with Crippen molar-refractivity contribution in [3.05, 3.63) is 24.0 Å². The lowest BCUT2D eigenvalue weighted by atomic mass is 9.87. The van der Waals surface area contributed by atoms with Gasteiger partial charge >= 0.3 is 5.97 Å². The predicted octanol–water partition coefficient (Wildman–Crippen LogP) is 2.90. The number of nitrogens with zero attached hydrogens (tertiary/aromatic N) is 2. The second kappa shape index (κ2) is 5.39. The predicted molar refractivity (Wildman–Crippen MR) is 79.5 cm³/mol. The van der Waals surface area contributed by atoms with Crippen molar-refractivity contribution in [3.63, 3.8) is 0 Å². The maximum atomic E-state index is 10.9. The highest BCUT2D eigenvalue weighted by Crippen LogP contribution is 2.29. The van der Waals surface area contributed by atoms with E-state index in [0.29, 0.717) is 12.8 Å². The number of aliphatic carboxylic acids is 1. The van der Waals surface area contributed by atoms with Crippen LogP contribution in [-0.2, 0) is 11.8 Å². The minimum Gasteiger partial charge on any atom is -0.490 e. The molecule has 1 aromatic carbocycles. The van der Waals surface area contributed by atoms with Gasteiger partial charge in [0.2, 0.25) is 0 Å². The molecule has 1 saturated carbocycles. The number of imidazole rings is 1. The third-order valence-corrected chi connectivity index (χ3v) is 4.40. The van der Waals surface area contributed by atoms with Crippen LogP contribution >= 0.6 is 0 Å². The van der Waals surface area contributed by atoms with E-state index in [-0.39, 0.29) is 12.0 Å². The quantitative estimate of drug-likeness (QED) is 0.943. The van der Waals surface area contributed by atoms with Gasteiger partial charge in [0.25, 0.3) is 0 Å². The SMILES string of the molecule is Cc1nc2cc(OC3CCC(C(=O)O)CC3)ccc2n1C. The van der Waals surface area contributed by atoms with Crippen LogP contribution in [-0.4, -0.2) is 26.7 Å². The molecule has 112 valence electrons. The van der Waals surface area contributed by atoms with Gasteiger partial charge in [0.05, 0.1) is 23.1 Å². The highest BCUT2D eigenvalue weighted by Gasteiger charge is 2.26. The second-order valence-electron chi connectivity index (χ2n) is 5.80. The summed E-state index contributed by atoms with van der Waals surface area (Å²) in [6.07, 6.45) is 3.12. The fraction of sp³-hybridized carbons (Fsp3) is 0.500. The number of ether oxygens (including phenoxy) is 1. The minimum atomic E-state index is -0.682. The average molecular weight is 288 g/mol. The van der Waals surface area contributed by atoms with E-state index in [1.165, 1.54) is 0 Å². The van der Waals surface area contributed by atoms with E-state index in [1.807, 2.05) is 32.2 Å². The zero-order chi connectivity index (χ0) is 15.0. The van der Waals surface area contributed by atoms with E-state index in [0.717, 1.165) is 35.4 Å². The van der Waals surface area contributed by atoms with Crippen molar-refractivity contribution in [1.82, 2.24) is 9.55 Å². The van der Waals surface area contributed by atoms with Gasteiger partial charge in [-0.25, -0.2) is 4.98 Å². The largest absolute Gasteiger partial charge is 0.490 e. The summed E-state index contributed by atoms with van der Waals surface area (Å²) >= 11 is 0. The molecule has 0 radical (unpaired) electrons. The van der Waals surface area contributed by atoms with Crippen molar-refractivity contribution in [2.75, 3.05) is 0 Å². The lowest BCUT2D eigenvalue weighted by Crippen LogP contribution is -2.27. The van der Waals surface area contributed by atoms with Crippen molar-refractivity contribution in [3.8, 4) is 5.75 Å². The number of fused-ring (bicyclic) bond motifs is 1. The van der Waals surface area contributed by atoms with E-state index in [2.05, 4.69) is 9.55 Å². The molecule has 1 N–H and O–H groups in total. The van der Waals surface area contributed by atoms with Crippen LogP contribution < -0.4 is 4.74 Å². The molecule has 0 unspecified atom stereocenters. The van der Waals surface area contributed by atoms with E-state index < -0.39 is 5.97 Å². The third kappa shape index (κ3) is 2.73. The summed E-state index contributed by atoms with van der Waals surface area (Å²) in [6, 6.07) is 5.95. The summed E-state index contributed by atoms with van der Waals surface area (Å²) in [4.78, 5) is 15.5. The fourth-order valence-electron chi connectivity index (χ4n) is 2.99. The van der Waals surface area contributed by atoms with E-state index in [9.17, 15) is 4.79 Å². The van der Waals surface area contributed by atoms with Crippen molar-refractivity contribution < 1.29 is 14.6 Å². The first-order valence-electron chi connectivity index (χ1n) is 7.37. The fourth-order valence-corrected chi connectivity index (χ4v) is 2.99. The molecule has 1 heterocycles. The van der Waals surface area contributed by atoms with Gasteiger partial charge in [-0.15, -0.1) is 0 Å². The first-order valence-corrected chi connectivity index (χ1v) is 7.37. The Morgan fingerprint density at radius 3 is 2.71 bits per heavy atom. The molecule has 1 aliphatic carbocycles. The smallest absolute Gasteiger partial charge is 0.306 e. The second-order valence-corrected chi connectivity index (χ2v) is 5.80. The first-order chi connectivity index (χ1) is 10.0. The number of aryl methyl sites for hydroxylation is 2. The number of rotatable bonds is 3. The Hall–Kier alpha value is -2.04. The maximum Gasteiger partial charge on any atom is 0.306 e. The lowest BCUT2D eigenvalue weighted by molar-refractivity contribution is -0.143. The summed E-state index contributed by atoms with van der Waals surface area (Å²) < 4.78 is 8.05. The Morgan fingerprint density at radius 2 is 2.05 bits per heavy atom. The van der Waals surface area contributed by atoms with Gasteiger partial charge < -0.3 is 14.4 Å². The van der Waals surface area contributed by atoms with Crippen LogP contribution in [0.1, 0.15) is 31.5 Å².